The van der Waals surface area contributed by atoms with Crippen LogP contribution >= 0.6 is 0 Å². The first kappa shape index (κ1) is 42.6. The molecule has 3 aromatic heterocycles. The monoisotopic (exact) mass is 991 g/mol. The number of rotatable bonds is 7. The standard InChI is InChI=1S/C55H52N6.Pt/c1-53(2,3)39-29-30-56-51(34-39)61-49-26-17-16-25-47(49)48-28-27-45(36-50(48)61)60(42-21-14-11-15-22-42)44-24-18-23-43(35-44)58-37-59(57-52(58)38-19-12-10-13-20-38)46-32-40(54(4,5)6)31-41(33-46)55(7,8)9;/h10-34H,1-9H3;/q-2;. The molecule has 0 unspecified atom stereocenters. The van der Waals surface area contributed by atoms with Crippen molar-refractivity contribution >= 4 is 38.9 Å². The average molecular weight is 992 g/mol. The van der Waals surface area contributed by atoms with Crippen LogP contribution in [0.25, 0.3) is 50.4 Å². The Labute approximate surface area is 380 Å². The number of pyridine rings is 1. The fraction of sp³-hybridized carbons (Fsp3) is 0.218. The molecule has 7 heteroatoms. The van der Waals surface area contributed by atoms with E-state index in [4.69, 9.17) is 10.1 Å². The van der Waals surface area contributed by atoms with Crippen molar-refractivity contribution in [2.45, 2.75) is 78.6 Å². The summed E-state index contributed by atoms with van der Waals surface area (Å²) in [6.07, 6.45) is 5.57. The number of para-hydroxylation sites is 2. The molecule has 0 bridgehead atoms. The Hall–Kier alpha value is -6.10. The maximum atomic E-state index is 5.25. The van der Waals surface area contributed by atoms with Crippen LogP contribution in [-0.2, 0) is 37.3 Å². The second-order valence-electron chi connectivity index (χ2n) is 19.0. The zero-order valence-electron chi connectivity index (χ0n) is 36.9. The summed E-state index contributed by atoms with van der Waals surface area (Å²) < 4.78 is 6.17. The van der Waals surface area contributed by atoms with Gasteiger partial charge in [-0.25, -0.2) is 4.98 Å². The fourth-order valence-corrected chi connectivity index (χ4v) is 7.91. The first-order chi connectivity index (χ1) is 29.1. The van der Waals surface area contributed by atoms with Crippen LogP contribution in [0.4, 0.5) is 17.1 Å². The molecule has 62 heavy (non-hydrogen) atoms. The molecular weight excluding hydrogens is 940 g/mol. The third-order valence-corrected chi connectivity index (χ3v) is 11.4. The van der Waals surface area contributed by atoms with Gasteiger partial charge in [-0.1, -0.05) is 170 Å². The van der Waals surface area contributed by atoms with E-state index in [-0.39, 0.29) is 37.3 Å². The smallest absolute Gasteiger partial charge is 0.272 e. The van der Waals surface area contributed by atoms with Crippen LogP contribution in [0.2, 0.25) is 0 Å². The maximum absolute atomic E-state index is 5.25. The molecular formula is C55H52N6Pt-2. The maximum Gasteiger partial charge on any atom is 0.272 e. The molecule has 6 nitrogen and oxygen atoms in total. The van der Waals surface area contributed by atoms with Gasteiger partial charge in [0, 0.05) is 44.0 Å². The Bertz CT molecular complexity index is 3000. The van der Waals surface area contributed by atoms with Gasteiger partial charge in [-0.15, -0.1) is 28.7 Å². The van der Waals surface area contributed by atoms with Crippen LogP contribution in [0.5, 0.6) is 0 Å². The largest absolute Gasteiger partial charge is 0.359 e. The van der Waals surface area contributed by atoms with E-state index < -0.39 is 0 Å². The molecule has 9 rings (SSSR count). The van der Waals surface area contributed by atoms with Gasteiger partial charge >= 0.3 is 0 Å². The number of hydrogen-bond donors (Lipinski definition) is 0. The molecule has 0 N–H and O–H groups in total. The van der Waals surface area contributed by atoms with E-state index >= 15 is 0 Å². The number of anilines is 3. The van der Waals surface area contributed by atoms with E-state index in [2.05, 4.69) is 212 Å². The Morgan fingerprint density at radius 1 is 0.565 bits per heavy atom. The first-order valence-corrected chi connectivity index (χ1v) is 21.1. The molecule has 0 amide bonds. The summed E-state index contributed by atoms with van der Waals surface area (Å²) in [5.74, 6) is 1.63. The summed E-state index contributed by atoms with van der Waals surface area (Å²) in [7, 11) is 0. The van der Waals surface area contributed by atoms with Crippen molar-refractivity contribution in [2.24, 2.45) is 0 Å². The van der Waals surface area contributed by atoms with E-state index in [0.717, 1.165) is 67.4 Å². The van der Waals surface area contributed by atoms with E-state index in [1.54, 1.807) is 0 Å². The molecule has 0 saturated carbocycles. The van der Waals surface area contributed by atoms with Crippen molar-refractivity contribution in [1.82, 2.24) is 19.2 Å². The third-order valence-electron chi connectivity index (χ3n) is 11.4. The summed E-state index contributed by atoms with van der Waals surface area (Å²) in [4.78, 5) is 7.15. The summed E-state index contributed by atoms with van der Waals surface area (Å²) in [6, 6.07) is 58.8. The fourth-order valence-electron chi connectivity index (χ4n) is 7.91. The van der Waals surface area contributed by atoms with Crippen LogP contribution in [-0.4, -0.2) is 19.2 Å². The summed E-state index contributed by atoms with van der Waals surface area (Å²) >= 11 is 0. The van der Waals surface area contributed by atoms with Crippen molar-refractivity contribution in [3.63, 3.8) is 0 Å². The number of nitrogens with zero attached hydrogens (tertiary/aromatic N) is 6. The van der Waals surface area contributed by atoms with Crippen molar-refractivity contribution < 1.29 is 25.7 Å². The van der Waals surface area contributed by atoms with Gasteiger partial charge < -0.3 is 14.0 Å². The topological polar surface area (TPSA) is 42.8 Å². The van der Waals surface area contributed by atoms with Crippen molar-refractivity contribution in [1.29, 1.82) is 0 Å². The van der Waals surface area contributed by atoms with Gasteiger partial charge in [0.15, 0.2) is 5.82 Å². The van der Waals surface area contributed by atoms with Gasteiger partial charge in [0.25, 0.3) is 6.33 Å². The second kappa shape index (κ2) is 16.3. The molecule has 314 valence electrons. The van der Waals surface area contributed by atoms with Gasteiger partial charge in [0.1, 0.15) is 5.82 Å². The summed E-state index contributed by atoms with van der Waals surface area (Å²) in [5, 5.41) is 7.52. The molecule has 0 aliphatic heterocycles. The van der Waals surface area contributed by atoms with Crippen molar-refractivity contribution in [3.8, 4) is 28.6 Å². The van der Waals surface area contributed by atoms with E-state index in [9.17, 15) is 0 Å². The predicted molar refractivity (Wildman–Crippen MR) is 250 cm³/mol. The molecule has 0 saturated heterocycles. The Morgan fingerprint density at radius 3 is 1.87 bits per heavy atom. The normalized spacial score (nSPS) is 12.1. The molecule has 0 radical (unpaired) electrons. The number of aromatic nitrogens is 5. The SMILES string of the molecule is CC(C)(C)c1cc(-[n+]2[c-]n(-c3[c-]c(N(c4[c-]c5c(cc4)c4ccccc4n5-c4cc(C(C)(C)C)ccn4)c4ccccc4)ccc3)c(-c3ccccc3)n2)cc(C(C)(C)C)c1.[Pt]. The van der Waals surface area contributed by atoms with Crippen LogP contribution in [0.15, 0.2) is 152 Å². The predicted octanol–water partition coefficient (Wildman–Crippen LogP) is 13.1. The first-order valence-electron chi connectivity index (χ1n) is 21.1. The van der Waals surface area contributed by atoms with Crippen molar-refractivity contribution in [3.05, 3.63) is 187 Å². The van der Waals surface area contributed by atoms with Crippen LogP contribution < -0.4 is 9.58 Å². The molecule has 0 aliphatic rings. The zero-order chi connectivity index (χ0) is 42.7. The number of fused-ring (bicyclic) bond motifs is 3. The zero-order valence-corrected chi connectivity index (χ0v) is 39.2. The van der Waals surface area contributed by atoms with E-state index in [1.807, 2.05) is 39.7 Å². The minimum absolute atomic E-state index is 0. The van der Waals surface area contributed by atoms with Gasteiger partial charge in [-0.2, -0.15) is 28.9 Å². The van der Waals surface area contributed by atoms with Crippen LogP contribution in [0.3, 0.4) is 0 Å². The third kappa shape index (κ3) is 8.17. The van der Waals surface area contributed by atoms with Crippen LogP contribution in [0, 0.1) is 18.5 Å². The van der Waals surface area contributed by atoms with Gasteiger partial charge in [-0.3, -0.25) is 0 Å². The molecule has 6 aromatic carbocycles. The van der Waals surface area contributed by atoms with Crippen LogP contribution in [0.1, 0.15) is 79.0 Å². The summed E-state index contributed by atoms with van der Waals surface area (Å²) in [6.45, 7) is 20.3. The Morgan fingerprint density at radius 2 is 1.19 bits per heavy atom. The van der Waals surface area contributed by atoms with Crippen molar-refractivity contribution in [2.75, 3.05) is 4.90 Å². The molecule has 0 atom stereocenters. The minimum atomic E-state index is -0.0498. The van der Waals surface area contributed by atoms with E-state index in [0.29, 0.717) is 0 Å². The average Bonchev–Trinajstić information content (AvgIpc) is 3.84. The Kier molecular flexibility index (Phi) is 11.2. The number of benzene rings is 6. The van der Waals surface area contributed by atoms with Gasteiger partial charge in [0.2, 0.25) is 0 Å². The van der Waals surface area contributed by atoms with E-state index in [1.165, 1.54) is 16.7 Å². The molecule has 9 aromatic rings. The molecule has 0 fully saturated rings. The summed E-state index contributed by atoms with van der Waals surface area (Å²) in [5.41, 5.74) is 11.1. The minimum Gasteiger partial charge on any atom is -0.359 e. The van der Waals surface area contributed by atoms with Gasteiger partial charge in [0.05, 0.1) is 5.69 Å². The molecule has 0 aliphatic carbocycles. The second-order valence-corrected chi connectivity index (χ2v) is 19.0. The quantitative estimate of drug-likeness (QED) is 0.118. The molecule has 0 spiro atoms. The molecule has 3 heterocycles. The van der Waals surface area contributed by atoms with Gasteiger partial charge in [-0.05, 0) is 68.7 Å². The Balaban J connectivity index is 0.00000529. The number of hydrogen-bond acceptors (Lipinski definition) is 3.